The summed E-state index contributed by atoms with van der Waals surface area (Å²) in [6, 6.07) is 16.2. The van der Waals surface area contributed by atoms with Crippen molar-refractivity contribution in [2.45, 2.75) is 20.4 Å². The first-order valence-corrected chi connectivity index (χ1v) is 9.08. The van der Waals surface area contributed by atoms with E-state index in [0.717, 1.165) is 22.4 Å². The predicted molar refractivity (Wildman–Crippen MR) is 108 cm³/mol. The van der Waals surface area contributed by atoms with Crippen LogP contribution in [0.4, 0.5) is 0 Å². The molecule has 0 saturated carbocycles. The van der Waals surface area contributed by atoms with Gasteiger partial charge in [0.1, 0.15) is 5.39 Å². The molecule has 0 aliphatic carbocycles. The zero-order chi connectivity index (χ0) is 19.1. The van der Waals surface area contributed by atoms with Crippen LogP contribution in [0.3, 0.4) is 0 Å². The average Bonchev–Trinajstić information content (AvgIpc) is 2.98. The number of halogens is 1. The topological polar surface area (TPSA) is 52.7 Å². The summed E-state index contributed by atoms with van der Waals surface area (Å²) >= 11 is 6.12. The van der Waals surface area contributed by atoms with Crippen LogP contribution in [-0.4, -0.2) is 19.3 Å². The van der Waals surface area contributed by atoms with Gasteiger partial charge in [-0.3, -0.25) is 14.0 Å². The highest BCUT2D eigenvalue weighted by Gasteiger charge is 2.21. The smallest absolute Gasteiger partial charge is 0.265 e. The molecule has 0 aliphatic heterocycles. The Kier molecular flexibility index (Phi) is 4.32. The highest BCUT2D eigenvalue weighted by atomic mass is 35.5. The highest BCUT2D eigenvalue weighted by molar-refractivity contribution is 6.28. The van der Waals surface area contributed by atoms with Gasteiger partial charge >= 0.3 is 0 Å². The van der Waals surface area contributed by atoms with Gasteiger partial charge in [-0.05, 0) is 36.6 Å². The third-order valence-corrected chi connectivity index (χ3v) is 5.08. The molecule has 136 valence electrons. The molecule has 0 bridgehead atoms. The van der Waals surface area contributed by atoms with Gasteiger partial charge in [-0.2, -0.15) is 10.1 Å². The van der Waals surface area contributed by atoms with Crippen molar-refractivity contribution in [2.75, 3.05) is 0 Å². The van der Waals surface area contributed by atoms with Gasteiger partial charge in [0.25, 0.3) is 5.56 Å². The zero-order valence-corrected chi connectivity index (χ0v) is 16.2. The Morgan fingerprint density at radius 1 is 1.07 bits per heavy atom. The summed E-state index contributed by atoms with van der Waals surface area (Å²) in [6.45, 7) is 4.64. The lowest BCUT2D eigenvalue weighted by Gasteiger charge is -2.11. The van der Waals surface area contributed by atoms with Gasteiger partial charge in [-0.1, -0.05) is 54.1 Å². The molecular weight excluding hydrogens is 360 g/mol. The fourth-order valence-corrected chi connectivity index (χ4v) is 3.52. The van der Waals surface area contributed by atoms with E-state index in [1.54, 1.807) is 7.05 Å². The number of hydrogen-bond acceptors (Lipinski definition) is 3. The van der Waals surface area contributed by atoms with E-state index in [2.05, 4.69) is 23.1 Å². The summed E-state index contributed by atoms with van der Waals surface area (Å²) in [5, 5.41) is 5.24. The molecule has 6 heteroatoms. The number of aromatic nitrogens is 4. The Morgan fingerprint density at radius 2 is 1.81 bits per heavy atom. The fraction of sp³-hybridized carbons (Fsp3) is 0.190. The SMILES string of the molecule is Cc1ccc(-c2c3c(=O)n(C)c(Cl)nc3nn2Cc2ccccc2)c(C)c1. The number of benzene rings is 2. The van der Waals surface area contributed by atoms with Crippen molar-refractivity contribution in [3.63, 3.8) is 0 Å². The summed E-state index contributed by atoms with van der Waals surface area (Å²) < 4.78 is 3.20. The molecule has 0 amide bonds. The quantitative estimate of drug-likeness (QED) is 0.504. The minimum atomic E-state index is -0.195. The van der Waals surface area contributed by atoms with Crippen molar-refractivity contribution >= 4 is 22.6 Å². The molecule has 0 fully saturated rings. The van der Waals surface area contributed by atoms with E-state index in [1.165, 1.54) is 10.1 Å². The Hall–Kier alpha value is -2.92. The number of hydrogen-bond donors (Lipinski definition) is 0. The third-order valence-electron chi connectivity index (χ3n) is 4.74. The molecule has 2 heterocycles. The molecule has 2 aromatic heterocycles. The first-order valence-electron chi connectivity index (χ1n) is 8.70. The normalized spacial score (nSPS) is 11.3. The maximum absolute atomic E-state index is 13.0. The van der Waals surface area contributed by atoms with E-state index in [4.69, 9.17) is 11.6 Å². The van der Waals surface area contributed by atoms with Gasteiger partial charge in [0.15, 0.2) is 5.65 Å². The highest BCUT2D eigenvalue weighted by Crippen LogP contribution is 2.30. The van der Waals surface area contributed by atoms with Crippen molar-refractivity contribution in [2.24, 2.45) is 7.05 Å². The van der Waals surface area contributed by atoms with Gasteiger partial charge in [0.2, 0.25) is 5.28 Å². The van der Waals surface area contributed by atoms with Crippen LogP contribution < -0.4 is 5.56 Å². The molecule has 0 radical (unpaired) electrons. The van der Waals surface area contributed by atoms with E-state index >= 15 is 0 Å². The van der Waals surface area contributed by atoms with E-state index in [0.29, 0.717) is 17.6 Å². The summed E-state index contributed by atoms with van der Waals surface area (Å²) in [5.41, 5.74) is 5.27. The lowest BCUT2D eigenvalue weighted by molar-refractivity contribution is 0.700. The van der Waals surface area contributed by atoms with Crippen molar-refractivity contribution in [3.8, 4) is 11.3 Å². The number of nitrogens with zero attached hydrogens (tertiary/aromatic N) is 4. The zero-order valence-electron chi connectivity index (χ0n) is 15.4. The van der Waals surface area contributed by atoms with Gasteiger partial charge in [0, 0.05) is 12.6 Å². The predicted octanol–water partition coefficient (Wildman–Crippen LogP) is 4.12. The Morgan fingerprint density at radius 3 is 2.52 bits per heavy atom. The van der Waals surface area contributed by atoms with Crippen LogP contribution >= 0.6 is 11.6 Å². The van der Waals surface area contributed by atoms with Crippen molar-refractivity contribution < 1.29 is 0 Å². The Balaban J connectivity index is 2.05. The minimum Gasteiger partial charge on any atom is -0.286 e. The number of aryl methyl sites for hydroxylation is 2. The largest absolute Gasteiger partial charge is 0.286 e. The van der Waals surface area contributed by atoms with Gasteiger partial charge in [-0.15, -0.1) is 0 Å². The van der Waals surface area contributed by atoms with Crippen LogP contribution in [-0.2, 0) is 13.6 Å². The Bertz CT molecular complexity index is 1210. The van der Waals surface area contributed by atoms with Crippen LogP contribution in [0.2, 0.25) is 5.28 Å². The molecule has 5 nitrogen and oxygen atoms in total. The number of fused-ring (bicyclic) bond motifs is 1. The van der Waals surface area contributed by atoms with Gasteiger partial charge in [0.05, 0.1) is 12.2 Å². The van der Waals surface area contributed by atoms with Gasteiger partial charge < -0.3 is 0 Å². The lowest BCUT2D eigenvalue weighted by atomic mass is 10.0. The molecule has 4 rings (SSSR count). The first-order chi connectivity index (χ1) is 13.0. The minimum absolute atomic E-state index is 0.129. The molecular formula is C21H19ClN4O. The maximum Gasteiger partial charge on any atom is 0.265 e. The van der Waals surface area contributed by atoms with E-state index < -0.39 is 0 Å². The second-order valence-corrected chi connectivity index (χ2v) is 7.09. The average molecular weight is 379 g/mol. The van der Waals surface area contributed by atoms with Crippen LogP contribution in [0.1, 0.15) is 16.7 Å². The summed E-state index contributed by atoms with van der Waals surface area (Å²) in [6.07, 6.45) is 0. The van der Waals surface area contributed by atoms with Crippen molar-refractivity contribution in [1.82, 2.24) is 19.3 Å². The standard InChI is InChI=1S/C21H19ClN4O/c1-13-9-10-16(14(2)11-13)18-17-19(23-21(22)25(3)20(17)27)24-26(18)12-15-7-5-4-6-8-15/h4-11H,12H2,1-3H3. The van der Waals surface area contributed by atoms with E-state index in [1.807, 2.05) is 54.1 Å². The maximum atomic E-state index is 13.0. The van der Waals surface area contributed by atoms with E-state index in [-0.39, 0.29) is 10.8 Å². The summed E-state index contributed by atoms with van der Waals surface area (Å²) in [4.78, 5) is 17.3. The molecule has 2 aromatic carbocycles. The fourth-order valence-electron chi connectivity index (χ4n) is 3.36. The summed E-state index contributed by atoms with van der Waals surface area (Å²) in [5.74, 6) is 0. The van der Waals surface area contributed by atoms with Crippen LogP contribution in [0, 0.1) is 13.8 Å². The molecule has 0 N–H and O–H groups in total. The van der Waals surface area contributed by atoms with Crippen molar-refractivity contribution in [1.29, 1.82) is 0 Å². The van der Waals surface area contributed by atoms with Crippen LogP contribution in [0.5, 0.6) is 0 Å². The van der Waals surface area contributed by atoms with Crippen LogP contribution in [0.25, 0.3) is 22.3 Å². The molecule has 0 saturated heterocycles. The molecule has 0 atom stereocenters. The molecule has 4 aromatic rings. The molecule has 27 heavy (non-hydrogen) atoms. The second-order valence-electron chi connectivity index (χ2n) is 6.75. The van der Waals surface area contributed by atoms with Crippen molar-refractivity contribution in [3.05, 3.63) is 80.9 Å². The number of rotatable bonds is 3. The molecule has 0 aliphatic rings. The molecule has 0 unspecified atom stereocenters. The molecule has 0 spiro atoms. The lowest BCUT2D eigenvalue weighted by Crippen LogP contribution is -2.18. The third kappa shape index (κ3) is 3.04. The first kappa shape index (κ1) is 17.5. The van der Waals surface area contributed by atoms with E-state index in [9.17, 15) is 4.79 Å². The second kappa shape index (κ2) is 6.67. The summed E-state index contributed by atoms with van der Waals surface area (Å²) in [7, 11) is 1.62. The van der Waals surface area contributed by atoms with Crippen LogP contribution in [0.15, 0.2) is 53.3 Å². The monoisotopic (exact) mass is 378 g/mol. The Labute approximate surface area is 161 Å². The van der Waals surface area contributed by atoms with Gasteiger partial charge in [-0.25, -0.2) is 0 Å².